The zero-order valence-electron chi connectivity index (χ0n) is 7.62. The van der Waals surface area contributed by atoms with Gasteiger partial charge in [0.25, 0.3) is 10.1 Å². The fourth-order valence-corrected chi connectivity index (χ4v) is 2.38. The van der Waals surface area contributed by atoms with E-state index in [1.54, 1.807) is 0 Å². The van der Waals surface area contributed by atoms with Gasteiger partial charge in [-0.3, -0.25) is 4.18 Å². The summed E-state index contributed by atoms with van der Waals surface area (Å²) in [4.78, 5) is 0. The highest BCUT2D eigenvalue weighted by molar-refractivity contribution is 7.86. The highest BCUT2D eigenvalue weighted by Crippen LogP contribution is 2.26. The van der Waals surface area contributed by atoms with Gasteiger partial charge in [0.15, 0.2) is 0 Å². The zero-order chi connectivity index (χ0) is 9.19. The molecule has 1 aliphatic carbocycles. The quantitative estimate of drug-likeness (QED) is 0.623. The van der Waals surface area contributed by atoms with Gasteiger partial charge in [-0.1, -0.05) is 19.8 Å². The summed E-state index contributed by atoms with van der Waals surface area (Å²) in [6, 6.07) is 0. The van der Waals surface area contributed by atoms with Crippen molar-refractivity contribution >= 4 is 10.1 Å². The lowest BCUT2D eigenvalue weighted by Crippen LogP contribution is -2.23. The molecule has 0 amide bonds. The van der Waals surface area contributed by atoms with Crippen LogP contribution in [0.5, 0.6) is 0 Å². The molecule has 0 spiro atoms. The Hall–Kier alpha value is -0.0900. The maximum absolute atomic E-state index is 10.8. The normalized spacial score (nSPS) is 31.8. The Labute approximate surface area is 74.2 Å². The van der Waals surface area contributed by atoms with E-state index >= 15 is 0 Å². The van der Waals surface area contributed by atoms with Crippen LogP contribution < -0.4 is 0 Å². The molecule has 0 aliphatic heterocycles. The van der Waals surface area contributed by atoms with Crippen LogP contribution in [0.15, 0.2) is 0 Å². The molecule has 0 unspecified atom stereocenters. The fourth-order valence-electron chi connectivity index (χ4n) is 1.71. The van der Waals surface area contributed by atoms with Crippen molar-refractivity contribution in [3.8, 4) is 0 Å². The summed E-state index contributed by atoms with van der Waals surface area (Å²) in [5.74, 6) is 0.602. The summed E-state index contributed by atoms with van der Waals surface area (Å²) in [6.07, 6.45) is 5.10. The van der Waals surface area contributed by atoms with Crippen LogP contribution in [0.2, 0.25) is 0 Å². The van der Waals surface area contributed by atoms with E-state index in [1.165, 1.54) is 6.42 Å². The molecule has 2 atom stereocenters. The lowest BCUT2D eigenvalue weighted by atomic mass is 9.89. The van der Waals surface area contributed by atoms with Gasteiger partial charge < -0.3 is 0 Å². The number of hydrogen-bond acceptors (Lipinski definition) is 3. The minimum atomic E-state index is -3.25. The Bertz CT molecular complexity index is 233. The van der Waals surface area contributed by atoms with E-state index in [0.29, 0.717) is 5.92 Å². The standard InChI is InChI=1S/C8H16O3S/c1-7-4-3-5-8(6-7)11-12(2,9)10/h7-8H,3-6H2,1-2H3/t7-,8+/m1/s1. The van der Waals surface area contributed by atoms with Crippen LogP contribution in [0, 0.1) is 5.92 Å². The molecule has 72 valence electrons. The summed E-state index contributed by atoms with van der Waals surface area (Å²) in [5.41, 5.74) is 0. The lowest BCUT2D eigenvalue weighted by molar-refractivity contribution is 0.137. The van der Waals surface area contributed by atoms with Gasteiger partial charge >= 0.3 is 0 Å². The Morgan fingerprint density at radius 2 is 2.00 bits per heavy atom. The van der Waals surface area contributed by atoms with Crippen LogP contribution in [0.25, 0.3) is 0 Å². The minimum Gasteiger partial charge on any atom is -0.267 e. The fraction of sp³-hybridized carbons (Fsp3) is 1.00. The van der Waals surface area contributed by atoms with E-state index < -0.39 is 10.1 Å². The second kappa shape index (κ2) is 3.75. The highest BCUT2D eigenvalue weighted by atomic mass is 32.2. The molecule has 4 heteroatoms. The zero-order valence-corrected chi connectivity index (χ0v) is 8.43. The monoisotopic (exact) mass is 192 g/mol. The van der Waals surface area contributed by atoms with Crippen molar-refractivity contribution in [1.82, 2.24) is 0 Å². The van der Waals surface area contributed by atoms with Crippen LogP contribution in [0.1, 0.15) is 32.6 Å². The maximum Gasteiger partial charge on any atom is 0.264 e. The summed E-state index contributed by atoms with van der Waals surface area (Å²) in [7, 11) is -3.25. The second-order valence-electron chi connectivity index (χ2n) is 3.69. The third-order valence-electron chi connectivity index (χ3n) is 2.20. The Morgan fingerprint density at radius 1 is 1.33 bits per heavy atom. The van der Waals surface area contributed by atoms with Gasteiger partial charge in [-0.05, 0) is 18.8 Å². The van der Waals surface area contributed by atoms with Crippen molar-refractivity contribution in [3.05, 3.63) is 0 Å². The molecule has 1 saturated carbocycles. The Morgan fingerprint density at radius 3 is 2.50 bits per heavy atom. The second-order valence-corrected chi connectivity index (χ2v) is 5.29. The van der Waals surface area contributed by atoms with Gasteiger partial charge in [0.1, 0.15) is 0 Å². The predicted molar refractivity (Wildman–Crippen MR) is 47.3 cm³/mol. The number of rotatable bonds is 2. The van der Waals surface area contributed by atoms with E-state index in [4.69, 9.17) is 4.18 Å². The molecule has 0 bridgehead atoms. The molecular weight excluding hydrogens is 176 g/mol. The van der Waals surface area contributed by atoms with Crippen molar-refractivity contribution in [1.29, 1.82) is 0 Å². The van der Waals surface area contributed by atoms with Crippen LogP contribution in [-0.4, -0.2) is 20.8 Å². The molecule has 0 heterocycles. The molecule has 0 aromatic carbocycles. The van der Waals surface area contributed by atoms with Crippen molar-refractivity contribution in [2.45, 2.75) is 38.7 Å². The third-order valence-corrected chi connectivity index (χ3v) is 2.82. The van der Waals surface area contributed by atoms with Crippen molar-refractivity contribution in [2.24, 2.45) is 5.92 Å². The molecule has 1 fully saturated rings. The van der Waals surface area contributed by atoms with Crippen LogP contribution >= 0.6 is 0 Å². The third kappa shape index (κ3) is 3.54. The summed E-state index contributed by atoms with van der Waals surface area (Å²) in [6.45, 7) is 2.14. The summed E-state index contributed by atoms with van der Waals surface area (Å²) in [5, 5.41) is 0. The smallest absolute Gasteiger partial charge is 0.264 e. The minimum absolute atomic E-state index is 0.0660. The van der Waals surface area contributed by atoms with Crippen LogP contribution in [0.4, 0.5) is 0 Å². The lowest BCUT2D eigenvalue weighted by Gasteiger charge is -2.25. The van der Waals surface area contributed by atoms with Gasteiger partial charge in [0.2, 0.25) is 0 Å². The number of hydrogen-bond donors (Lipinski definition) is 0. The van der Waals surface area contributed by atoms with Crippen LogP contribution in [0.3, 0.4) is 0 Å². The molecular formula is C8H16O3S. The SMILES string of the molecule is C[C@@H]1CCC[C@H](OS(C)(=O)=O)C1. The predicted octanol–water partition coefficient (Wildman–Crippen LogP) is 1.54. The highest BCUT2D eigenvalue weighted by Gasteiger charge is 2.22. The summed E-state index contributed by atoms with van der Waals surface area (Å²) >= 11 is 0. The Balaban J connectivity index is 2.43. The topological polar surface area (TPSA) is 43.4 Å². The van der Waals surface area contributed by atoms with E-state index in [9.17, 15) is 8.42 Å². The van der Waals surface area contributed by atoms with E-state index in [2.05, 4.69) is 6.92 Å². The summed E-state index contributed by atoms with van der Waals surface area (Å²) < 4.78 is 26.5. The first-order valence-corrected chi connectivity index (χ1v) is 6.17. The van der Waals surface area contributed by atoms with Gasteiger partial charge in [0, 0.05) is 0 Å². The molecule has 0 N–H and O–H groups in total. The van der Waals surface area contributed by atoms with Gasteiger partial charge in [-0.25, -0.2) is 0 Å². The van der Waals surface area contributed by atoms with Gasteiger partial charge in [0.05, 0.1) is 12.4 Å². The first-order chi connectivity index (χ1) is 5.47. The van der Waals surface area contributed by atoms with Crippen molar-refractivity contribution in [3.63, 3.8) is 0 Å². The molecule has 1 rings (SSSR count). The molecule has 0 aromatic heterocycles. The van der Waals surface area contributed by atoms with Gasteiger partial charge in [-0.15, -0.1) is 0 Å². The van der Waals surface area contributed by atoms with Crippen LogP contribution in [-0.2, 0) is 14.3 Å². The average molecular weight is 192 g/mol. The molecule has 0 saturated heterocycles. The van der Waals surface area contributed by atoms with Gasteiger partial charge in [-0.2, -0.15) is 8.42 Å². The maximum atomic E-state index is 10.8. The molecule has 1 aliphatic rings. The molecule has 0 radical (unpaired) electrons. The van der Waals surface area contributed by atoms with Crippen molar-refractivity contribution < 1.29 is 12.6 Å². The van der Waals surface area contributed by atoms with E-state index in [1.807, 2.05) is 0 Å². The molecule has 12 heavy (non-hydrogen) atoms. The average Bonchev–Trinajstić information content (AvgIpc) is 1.82. The van der Waals surface area contributed by atoms with Crippen molar-refractivity contribution in [2.75, 3.05) is 6.26 Å². The first kappa shape index (κ1) is 9.99. The van der Waals surface area contributed by atoms with E-state index in [0.717, 1.165) is 25.5 Å². The Kier molecular flexibility index (Phi) is 3.12. The van der Waals surface area contributed by atoms with E-state index in [-0.39, 0.29) is 6.10 Å². The molecule has 3 nitrogen and oxygen atoms in total. The molecule has 0 aromatic rings. The first-order valence-electron chi connectivity index (χ1n) is 4.35. The largest absolute Gasteiger partial charge is 0.267 e.